The number of hydrogen-bond donors (Lipinski definition) is 0. The van der Waals surface area contributed by atoms with Gasteiger partial charge in [-0.3, -0.25) is 14.4 Å². The molecule has 0 saturated carbocycles. The van der Waals surface area contributed by atoms with Crippen LogP contribution >= 0.6 is 0 Å². The van der Waals surface area contributed by atoms with E-state index < -0.39 is 23.9 Å². The van der Waals surface area contributed by atoms with Crippen LogP contribution in [0.4, 0.5) is 5.69 Å². The van der Waals surface area contributed by atoms with E-state index in [0.717, 1.165) is 5.56 Å². The minimum atomic E-state index is -0.785. The minimum Gasteiger partial charge on any atom is -0.484 e. The zero-order chi connectivity index (χ0) is 21.8. The predicted octanol–water partition coefficient (Wildman–Crippen LogP) is 4.16. The quantitative estimate of drug-likeness (QED) is 0.583. The third-order valence-electron chi connectivity index (χ3n) is 6.62. The van der Waals surface area contributed by atoms with Gasteiger partial charge in [0, 0.05) is 11.5 Å². The number of ether oxygens (including phenoxy) is 1. The molecule has 2 aliphatic heterocycles. The number of hydrogen-bond acceptors (Lipinski definition) is 4. The van der Waals surface area contributed by atoms with Crippen molar-refractivity contribution in [3.8, 4) is 5.75 Å². The van der Waals surface area contributed by atoms with Gasteiger partial charge in [-0.25, -0.2) is 4.90 Å². The highest BCUT2D eigenvalue weighted by atomic mass is 16.5. The second-order valence-corrected chi connectivity index (χ2v) is 8.32. The van der Waals surface area contributed by atoms with E-state index in [9.17, 15) is 14.4 Å². The third-order valence-corrected chi connectivity index (χ3v) is 6.62. The molecule has 2 heterocycles. The van der Waals surface area contributed by atoms with Gasteiger partial charge in [-0.1, -0.05) is 66.7 Å². The summed E-state index contributed by atoms with van der Waals surface area (Å²) in [6.07, 6.45) is 1.06. The number of carbonyl (C=O) groups excluding carboxylic acids is 3. The molecule has 0 bridgehead atoms. The van der Waals surface area contributed by atoms with Crippen molar-refractivity contribution >= 4 is 23.3 Å². The Labute approximate surface area is 184 Å². The van der Waals surface area contributed by atoms with Crippen LogP contribution in [0.15, 0.2) is 96.6 Å². The molecule has 0 N–H and O–H groups in total. The maximum Gasteiger partial charge on any atom is 0.241 e. The fraction of sp³-hybridized carbons (Fsp3) is 0.148. The average Bonchev–Trinajstić information content (AvgIpc) is 3.10. The predicted molar refractivity (Wildman–Crippen MR) is 118 cm³/mol. The van der Waals surface area contributed by atoms with Gasteiger partial charge in [-0.2, -0.15) is 0 Å². The van der Waals surface area contributed by atoms with Gasteiger partial charge in [0.25, 0.3) is 0 Å². The lowest BCUT2D eigenvalue weighted by atomic mass is 9.68. The summed E-state index contributed by atoms with van der Waals surface area (Å²) >= 11 is 0. The van der Waals surface area contributed by atoms with Gasteiger partial charge < -0.3 is 4.74 Å². The Hall–Kier alpha value is -3.99. The maximum atomic E-state index is 13.7. The number of rotatable bonds is 2. The van der Waals surface area contributed by atoms with Crippen molar-refractivity contribution in [2.75, 3.05) is 4.90 Å². The summed E-state index contributed by atoms with van der Waals surface area (Å²) in [5, 5.41) is 0. The number of imide groups is 1. The van der Waals surface area contributed by atoms with Gasteiger partial charge in [-0.15, -0.1) is 0 Å². The summed E-state index contributed by atoms with van der Waals surface area (Å²) in [6, 6.07) is 25.6. The normalized spacial score (nSPS) is 26.1. The number of fused-ring (bicyclic) bond motifs is 4. The SMILES string of the molecule is O=C1C2=C[C@H](c3ccccc3)[C@H]3C(=O)N(c4ccccc4)C(=O)[C@H]3[C@H]2Oc2ccccc21. The van der Waals surface area contributed by atoms with E-state index in [1.54, 1.807) is 48.5 Å². The van der Waals surface area contributed by atoms with Crippen molar-refractivity contribution in [3.63, 3.8) is 0 Å². The van der Waals surface area contributed by atoms with E-state index in [-0.39, 0.29) is 17.6 Å². The van der Waals surface area contributed by atoms with Crippen LogP contribution in [0.5, 0.6) is 5.75 Å². The molecule has 5 nitrogen and oxygen atoms in total. The second kappa shape index (κ2) is 7.02. The lowest BCUT2D eigenvalue weighted by molar-refractivity contribution is -0.123. The largest absolute Gasteiger partial charge is 0.484 e. The number of anilines is 1. The van der Waals surface area contributed by atoms with Crippen LogP contribution in [0.1, 0.15) is 21.8 Å². The first-order valence-electron chi connectivity index (χ1n) is 10.6. The fourth-order valence-electron chi connectivity index (χ4n) is 5.20. The van der Waals surface area contributed by atoms with Crippen LogP contribution in [-0.2, 0) is 9.59 Å². The number of para-hydroxylation sites is 2. The zero-order valence-corrected chi connectivity index (χ0v) is 17.0. The van der Waals surface area contributed by atoms with Gasteiger partial charge in [0.2, 0.25) is 11.8 Å². The number of Topliss-reactive ketones (excluding diaryl/α,β-unsaturated/α-hetero) is 1. The summed E-state index contributed by atoms with van der Waals surface area (Å²) in [5.74, 6) is -2.08. The Bertz CT molecular complexity index is 1280. The Morgan fingerprint density at radius 1 is 0.688 bits per heavy atom. The van der Waals surface area contributed by atoms with Gasteiger partial charge >= 0.3 is 0 Å². The highest BCUT2D eigenvalue weighted by Crippen LogP contribution is 2.50. The van der Waals surface area contributed by atoms with E-state index in [4.69, 9.17) is 4.74 Å². The first-order chi connectivity index (χ1) is 15.6. The van der Waals surface area contributed by atoms with Crippen LogP contribution in [0.25, 0.3) is 0 Å². The number of ketones is 1. The Kier molecular flexibility index (Phi) is 4.12. The molecule has 0 spiro atoms. The average molecular weight is 421 g/mol. The van der Waals surface area contributed by atoms with Crippen molar-refractivity contribution in [1.29, 1.82) is 0 Å². The summed E-state index contributed by atoms with van der Waals surface area (Å²) in [4.78, 5) is 42.0. The highest BCUT2D eigenvalue weighted by molar-refractivity contribution is 6.24. The smallest absolute Gasteiger partial charge is 0.241 e. The molecule has 2 amide bonds. The summed E-state index contributed by atoms with van der Waals surface area (Å²) in [6.45, 7) is 0. The first-order valence-corrected chi connectivity index (χ1v) is 10.6. The van der Waals surface area contributed by atoms with E-state index in [1.807, 2.05) is 42.5 Å². The number of carbonyl (C=O) groups is 3. The molecule has 0 radical (unpaired) electrons. The Morgan fingerprint density at radius 3 is 2.06 bits per heavy atom. The molecule has 156 valence electrons. The number of nitrogens with zero attached hydrogens (tertiary/aromatic N) is 1. The summed E-state index contributed by atoms with van der Waals surface area (Å²) in [5.41, 5.74) is 2.37. The Balaban J connectivity index is 1.53. The van der Waals surface area contributed by atoms with Crippen molar-refractivity contribution in [2.24, 2.45) is 11.8 Å². The van der Waals surface area contributed by atoms with E-state index in [2.05, 4.69) is 0 Å². The minimum absolute atomic E-state index is 0.144. The number of amides is 2. The maximum absolute atomic E-state index is 13.7. The van der Waals surface area contributed by atoms with E-state index in [0.29, 0.717) is 22.6 Å². The molecular weight excluding hydrogens is 402 g/mol. The van der Waals surface area contributed by atoms with Crippen LogP contribution in [-0.4, -0.2) is 23.7 Å². The van der Waals surface area contributed by atoms with Crippen LogP contribution in [0, 0.1) is 11.8 Å². The molecule has 5 heteroatoms. The Morgan fingerprint density at radius 2 is 1.31 bits per heavy atom. The number of benzene rings is 3. The second-order valence-electron chi connectivity index (χ2n) is 8.32. The van der Waals surface area contributed by atoms with Crippen molar-refractivity contribution in [2.45, 2.75) is 12.0 Å². The molecule has 1 fully saturated rings. The summed E-state index contributed by atoms with van der Waals surface area (Å²) < 4.78 is 6.22. The van der Waals surface area contributed by atoms with Crippen molar-refractivity contribution in [3.05, 3.63) is 108 Å². The van der Waals surface area contributed by atoms with Crippen molar-refractivity contribution < 1.29 is 19.1 Å². The molecule has 0 aromatic heterocycles. The van der Waals surface area contributed by atoms with E-state index in [1.165, 1.54) is 4.90 Å². The molecule has 4 atom stereocenters. The van der Waals surface area contributed by atoms with Gasteiger partial charge in [0.1, 0.15) is 11.9 Å². The molecule has 3 aromatic rings. The van der Waals surface area contributed by atoms with Gasteiger partial charge in [0.15, 0.2) is 5.78 Å². The molecular formula is C27H19NO4. The molecule has 0 unspecified atom stereocenters. The lowest BCUT2D eigenvalue weighted by Crippen LogP contribution is -2.46. The lowest BCUT2D eigenvalue weighted by Gasteiger charge is -2.38. The third kappa shape index (κ3) is 2.61. The van der Waals surface area contributed by atoms with E-state index >= 15 is 0 Å². The van der Waals surface area contributed by atoms with Crippen LogP contribution in [0.3, 0.4) is 0 Å². The monoisotopic (exact) mass is 421 g/mol. The zero-order valence-electron chi connectivity index (χ0n) is 17.0. The van der Waals surface area contributed by atoms with Crippen LogP contribution in [0.2, 0.25) is 0 Å². The first kappa shape index (κ1) is 18.8. The molecule has 6 rings (SSSR count). The molecule has 3 aromatic carbocycles. The van der Waals surface area contributed by atoms with Crippen molar-refractivity contribution in [1.82, 2.24) is 0 Å². The summed E-state index contributed by atoms with van der Waals surface area (Å²) in [7, 11) is 0. The standard InChI is InChI=1S/C27H19NO4/c29-24-18-13-7-8-14-21(18)32-25-20(24)15-19(16-9-3-1-4-10-16)22-23(25)27(31)28(26(22)30)17-11-5-2-6-12-17/h1-15,19,22-23,25H/t19-,22-,23-,25+/m1/s1. The fourth-order valence-corrected chi connectivity index (χ4v) is 5.20. The molecule has 1 saturated heterocycles. The van der Waals surface area contributed by atoms with Gasteiger partial charge in [-0.05, 0) is 29.8 Å². The molecule has 32 heavy (non-hydrogen) atoms. The van der Waals surface area contributed by atoms with Gasteiger partial charge in [0.05, 0.1) is 23.1 Å². The topological polar surface area (TPSA) is 63.7 Å². The molecule has 3 aliphatic rings. The highest BCUT2D eigenvalue weighted by Gasteiger charge is 2.59. The number of allylic oxidation sites excluding steroid dienone is 1. The van der Waals surface area contributed by atoms with Crippen LogP contribution < -0.4 is 9.64 Å². The molecule has 1 aliphatic carbocycles.